The Morgan fingerprint density at radius 3 is 2.75 bits per heavy atom. The maximum Gasteiger partial charge on any atom is 0.0822 e. The van der Waals surface area contributed by atoms with Gasteiger partial charge in [-0.05, 0) is 53.1 Å². The summed E-state index contributed by atoms with van der Waals surface area (Å²) in [5.74, 6) is 0. The summed E-state index contributed by atoms with van der Waals surface area (Å²) in [6.45, 7) is 12.3. The minimum Gasteiger partial charge on any atom is -0.372 e. The summed E-state index contributed by atoms with van der Waals surface area (Å²) in [5, 5.41) is 3.47. The molecular formula is C13H26N2O. The first-order chi connectivity index (χ1) is 7.52. The minimum atomic E-state index is 0.134. The molecule has 0 aromatic rings. The molecule has 1 atom stereocenters. The third-order valence-electron chi connectivity index (χ3n) is 3.94. The van der Waals surface area contributed by atoms with E-state index in [1.807, 2.05) is 0 Å². The highest BCUT2D eigenvalue weighted by molar-refractivity contribution is 4.93. The van der Waals surface area contributed by atoms with Crippen molar-refractivity contribution in [2.24, 2.45) is 0 Å². The summed E-state index contributed by atoms with van der Waals surface area (Å²) in [6, 6.07) is 0. The van der Waals surface area contributed by atoms with Crippen LogP contribution in [0.4, 0.5) is 0 Å². The molecule has 2 fully saturated rings. The Labute approximate surface area is 99.5 Å². The molecule has 0 amide bonds. The maximum atomic E-state index is 6.13. The lowest BCUT2D eigenvalue weighted by Gasteiger charge is -2.47. The molecule has 1 N–H and O–H groups in total. The van der Waals surface area contributed by atoms with Crippen LogP contribution in [-0.4, -0.2) is 48.8 Å². The van der Waals surface area contributed by atoms with E-state index in [1.54, 1.807) is 0 Å². The molecule has 1 unspecified atom stereocenters. The Bertz CT molecular complexity index is 227. The number of ether oxygens (including phenoxy) is 1. The van der Waals surface area contributed by atoms with E-state index >= 15 is 0 Å². The first-order valence-electron chi connectivity index (χ1n) is 6.62. The van der Waals surface area contributed by atoms with Crippen molar-refractivity contribution in [3.8, 4) is 0 Å². The third kappa shape index (κ3) is 2.76. The van der Waals surface area contributed by atoms with Gasteiger partial charge in [0, 0.05) is 18.6 Å². The summed E-state index contributed by atoms with van der Waals surface area (Å²) in [6.07, 6.45) is 3.63. The summed E-state index contributed by atoms with van der Waals surface area (Å²) < 4.78 is 6.13. The normalized spacial score (nSPS) is 33.9. The zero-order valence-corrected chi connectivity index (χ0v) is 11.0. The van der Waals surface area contributed by atoms with Crippen LogP contribution < -0.4 is 5.32 Å². The van der Waals surface area contributed by atoms with Crippen LogP contribution in [0.2, 0.25) is 0 Å². The fourth-order valence-electron chi connectivity index (χ4n) is 2.82. The van der Waals surface area contributed by atoms with E-state index in [4.69, 9.17) is 4.74 Å². The van der Waals surface area contributed by atoms with Crippen LogP contribution in [0.15, 0.2) is 0 Å². The lowest BCUT2D eigenvalue weighted by atomic mass is 9.90. The molecule has 2 rings (SSSR count). The van der Waals surface area contributed by atoms with Crippen molar-refractivity contribution in [3.05, 3.63) is 0 Å². The minimum absolute atomic E-state index is 0.134. The summed E-state index contributed by atoms with van der Waals surface area (Å²) in [4.78, 5) is 2.59. The second kappa shape index (κ2) is 4.63. The van der Waals surface area contributed by atoms with Gasteiger partial charge in [0.15, 0.2) is 0 Å². The Kier molecular flexibility index (Phi) is 3.57. The lowest BCUT2D eigenvalue weighted by molar-refractivity contribution is -0.133. The van der Waals surface area contributed by atoms with Crippen molar-refractivity contribution in [2.45, 2.75) is 51.2 Å². The predicted molar refractivity (Wildman–Crippen MR) is 66.7 cm³/mol. The van der Waals surface area contributed by atoms with Gasteiger partial charge in [0.05, 0.1) is 12.2 Å². The van der Waals surface area contributed by atoms with E-state index < -0.39 is 0 Å². The molecule has 2 aliphatic heterocycles. The fraction of sp³-hybridized carbons (Fsp3) is 1.00. The topological polar surface area (TPSA) is 24.5 Å². The summed E-state index contributed by atoms with van der Waals surface area (Å²) in [5.41, 5.74) is 0.408. The standard InChI is InChI=1S/C13H26N2O/c1-12(2,3)15-9-10-16-13(11-15)5-4-7-14-8-6-13/h14H,4-11H2,1-3H3. The molecular weight excluding hydrogens is 200 g/mol. The van der Waals surface area contributed by atoms with Crippen LogP contribution >= 0.6 is 0 Å². The molecule has 2 saturated heterocycles. The highest BCUT2D eigenvalue weighted by atomic mass is 16.5. The number of nitrogens with one attached hydrogen (secondary N) is 1. The predicted octanol–water partition coefficient (Wildman–Crippen LogP) is 1.63. The zero-order chi connectivity index (χ0) is 11.6. The Hall–Kier alpha value is -0.120. The lowest BCUT2D eigenvalue weighted by Crippen LogP contribution is -2.57. The summed E-state index contributed by atoms with van der Waals surface area (Å²) in [7, 11) is 0. The number of hydrogen-bond acceptors (Lipinski definition) is 3. The van der Waals surface area contributed by atoms with Crippen molar-refractivity contribution in [2.75, 3.05) is 32.8 Å². The molecule has 0 bridgehead atoms. The largest absolute Gasteiger partial charge is 0.372 e. The van der Waals surface area contributed by atoms with E-state index in [0.29, 0.717) is 0 Å². The summed E-state index contributed by atoms with van der Waals surface area (Å²) >= 11 is 0. The maximum absolute atomic E-state index is 6.13. The van der Waals surface area contributed by atoms with Crippen LogP contribution in [0, 0.1) is 0 Å². The van der Waals surface area contributed by atoms with E-state index in [-0.39, 0.29) is 11.1 Å². The van der Waals surface area contributed by atoms with Gasteiger partial charge in [0.1, 0.15) is 0 Å². The van der Waals surface area contributed by atoms with Gasteiger partial charge in [-0.2, -0.15) is 0 Å². The van der Waals surface area contributed by atoms with Crippen LogP contribution in [-0.2, 0) is 4.74 Å². The smallest absolute Gasteiger partial charge is 0.0822 e. The molecule has 16 heavy (non-hydrogen) atoms. The third-order valence-corrected chi connectivity index (χ3v) is 3.94. The molecule has 94 valence electrons. The Morgan fingerprint density at radius 2 is 2.00 bits per heavy atom. The first-order valence-corrected chi connectivity index (χ1v) is 6.62. The van der Waals surface area contributed by atoms with E-state index in [0.717, 1.165) is 32.8 Å². The average Bonchev–Trinajstić information content (AvgIpc) is 2.43. The molecule has 3 nitrogen and oxygen atoms in total. The van der Waals surface area contributed by atoms with Crippen LogP contribution in [0.25, 0.3) is 0 Å². The van der Waals surface area contributed by atoms with E-state index in [9.17, 15) is 0 Å². The van der Waals surface area contributed by atoms with E-state index in [2.05, 4.69) is 31.0 Å². The van der Waals surface area contributed by atoms with Gasteiger partial charge >= 0.3 is 0 Å². The second-order valence-corrected chi connectivity index (χ2v) is 6.23. The second-order valence-electron chi connectivity index (χ2n) is 6.23. The van der Waals surface area contributed by atoms with Crippen molar-refractivity contribution < 1.29 is 4.74 Å². The highest BCUT2D eigenvalue weighted by Crippen LogP contribution is 2.31. The first kappa shape index (κ1) is 12.3. The number of morpholine rings is 1. The monoisotopic (exact) mass is 226 g/mol. The SMILES string of the molecule is CC(C)(C)N1CCOC2(CCCNCC2)C1. The number of hydrogen-bond donors (Lipinski definition) is 1. The van der Waals surface area contributed by atoms with Crippen molar-refractivity contribution in [1.29, 1.82) is 0 Å². The molecule has 1 spiro atoms. The molecule has 2 aliphatic rings. The molecule has 0 aromatic heterocycles. The van der Waals surface area contributed by atoms with Crippen LogP contribution in [0.3, 0.4) is 0 Å². The highest BCUT2D eigenvalue weighted by Gasteiger charge is 2.39. The molecule has 3 heteroatoms. The average molecular weight is 226 g/mol. The van der Waals surface area contributed by atoms with E-state index in [1.165, 1.54) is 19.3 Å². The van der Waals surface area contributed by atoms with Gasteiger partial charge in [0.25, 0.3) is 0 Å². The van der Waals surface area contributed by atoms with Gasteiger partial charge in [-0.25, -0.2) is 0 Å². The van der Waals surface area contributed by atoms with Crippen molar-refractivity contribution in [3.63, 3.8) is 0 Å². The quantitative estimate of drug-likeness (QED) is 0.679. The van der Waals surface area contributed by atoms with Gasteiger partial charge in [-0.1, -0.05) is 0 Å². The van der Waals surface area contributed by atoms with Crippen molar-refractivity contribution >= 4 is 0 Å². The zero-order valence-electron chi connectivity index (χ0n) is 11.0. The molecule has 2 heterocycles. The Morgan fingerprint density at radius 1 is 1.19 bits per heavy atom. The molecule has 0 aromatic carbocycles. The van der Waals surface area contributed by atoms with Crippen LogP contribution in [0.5, 0.6) is 0 Å². The number of rotatable bonds is 0. The fourth-order valence-corrected chi connectivity index (χ4v) is 2.82. The molecule has 0 radical (unpaired) electrons. The van der Waals surface area contributed by atoms with Gasteiger partial charge in [0.2, 0.25) is 0 Å². The van der Waals surface area contributed by atoms with Gasteiger partial charge < -0.3 is 10.1 Å². The van der Waals surface area contributed by atoms with Gasteiger partial charge in [-0.3, -0.25) is 4.90 Å². The molecule has 0 saturated carbocycles. The Balaban J connectivity index is 2.04. The van der Waals surface area contributed by atoms with Crippen molar-refractivity contribution in [1.82, 2.24) is 10.2 Å². The van der Waals surface area contributed by atoms with Gasteiger partial charge in [-0.15, -0.1) is 0 Å². The number of nitrogens with zero attached hydrogens (tertiary/aromatic N) is 1. The molecule has 0 aliphatic carbocycles. The van der Waals surface area contributed by atoms with Crippen LogP contribution in [0.1, 0.15) is 40.0 Å².